The van der Waals surface area contributed by atoms with E-state index in [0.29, 0.717) is 23.3 Å². The molecule has 3 rings (SSSR count). The fourth-order valence-corrected chi connectivity index (χ4v) is 2.44. The number of aryl methyl sites for hydroxylation is 2. The molecule has 0 bridgehead atoms. The SMILES string of the molecule is Cc1nn(C)c(C)c1CNc1ncnc2c(F)cccc12. The number of hydrogen-bond donors (Lipinski definition) is 1. The fourth-order valence-electron chi connectivity index (χ4n) is 2.44. The molecule has 108 valence electrons. The summed E-state index contributed by atoms with van der Waals surface area (Å²) in [6.45, 7) is 4.59. The first kappa shape index (κ1) is 13.5. The third kappa shape index (κ3) is 2.33. The lowest BCUT2D eigenvalue weighted by molar-refractivity contribution is 0.636. The molecule has 5 nitrogen and oxygen atoms in total. The van der Waals surface area contributed by atoms with Crippen molar-refractivity contribution in [2.75, 3.05) is 5.32 Å². The standard InChI is InChI=1S/C15H16FN5/c1-9-12(10(2)21(3)20-9)7-17-15-11-5-4-6-13(16)14(11)18-8-19-15/h4-6,8H,7H2,1-3H3,(H,17,18,19). The summed E-state index contributed by atoms with van der Waals surface area (Å²) in [6.07, 6.45) is 1.37. The Balaban J connectivity index is 1.94. The Hall–Kier alpha value is -2.50. The molecule has 2 aromatic heterocycles. The quantitative estimate of drug-likeness (QED) is 0.804. The fraction of sp³-hybridized carbons (Fsp3) is 0.267. The van der Waals surface area contributed by atoms with Gasteiger partial charge in [0.2, 0.25) is 0 Å². The van der Waals surface area contributed by atoms with Crippen LogP contribution in [-0.2, 0) is 13.6 Å². The molecule has 1 aromatic carbocycles. The van der Waals surface area contributed by atoms with Gasteiger partial charge in [-0.05, 0) is 26.0 Å². The molecule has 0 saturated carbocycles. The molecule has 0 fully saturated rings. The van der Waals surface area contributed by atoms with Crippen molar-refractivity contribution in [3.63, 3.8) is 0 Å². The van der Waals surface area contributed by atoms with Crippen molar-refractivity contribution in [3.05, 3.63) is 47.3 Å². The molecule has 2 heterocycles. The number of hydrogen-bond acceptors (Lipinski definition) is 4. The lowest BCUT2D eigenvalue weighted by Gasteiger charge is -2.09. The molecule has 6 heteroatoms. The average molecular weight is 285 g/mol. The molecule has 0 aliphatic carbocycles. The summed E-state index contributed by atoms with van der Waals surface area (Å²) < 4.78 is 15.6. The van der Waals surface area contributed by atoms with Crippen molar-refractivity contribution in [3.8, 4) is 0 Å². The van der Waals surface area contributed by atoms with Crippen LogP contribution >= 0.6 is 0 Å². The Morgan fingerprint density at radius 2 is 2.05 bits per heavy atom. The summed E-state index contributed by atoms with van der Waals surface area (Å²) in [5.41, 5.74) is 3.53. The number of anilines is 1. The van der Waals surface area contributed by atoms with Crippen LogP contribution in [0.25, 0.3) is 10.9 Å². The minimum atomic E-state index is -0.341. The summed E-state index contributed by atoms with van der Waals surface area (Å²) in [6, 6.07) is 4.87. The lowest BCUT2D eigenvalue weighted by Crippen LogP contribution is -2.05. The van der Waals surface area contributed by atoms with Gasteiger partial charge < -0.3 is 5.32 Å². The Kier molecular flexibility index (Phi) is 3.29. The molecule has 0 aliphatic heterocycles. The van der Waals surface area contributed by atoms with Gasteiger partial charge in [-0.3, -0.25) is 4.68 Å². The van der Waals surface area contributed by atoms with E-state index >= 15 is 0 Å². The van der Waals surface area contributed by atoms with Gasteiger partial charge in [-0.15, -0.1) is 0 Å². The second-order valence-corrected chi connectivity index (χ2v) is 4.98. The molecule has 0 radical (unpaired) electrons. The van der Waals surface area contributed by atoms with Crippen molar-refractivity contribution < 1.29 is 4.39 Å². The van der Waals surface area contributed by atoms with Crippen LogP contribution in [0.3, 0.4) is 0 Å². The highest BCUT2D eigenvalue weighted by Gasteiger charge is 2.11. The minimum absolute atomic E-state index is 0.328. The van der Waals surface area contributed by atoms with E-state index in [0.717, 1.165) is 17.0 Å². The van der Waals surface area contributed by atoms with Crippen LogP contribution in [-0.4, -0.2) is 19.7 Å². The van der Waals surface area contributed by atoms with Crippen molar-refractivity contribution in [1.29, 1.82) is 0 Å². The van der Waals surface area contributed by atoms with Gasteiger partial charge in [0, 0.05) is 30.2 Å². The van der Waals surface area contributed by atoms with E-state index in [1.165, 1.54) is 12.4 Å². The predicted molar refractivity (Wildman–Crippen MR) is 79.5 cm³/mol. The van der Waals surface area contributed by atoms with Crippen LogP contribution in [0.1, 0.15) is 17.0 Å². The van der Waals surface area contributed by atoms with Gasteiger partial charge in [-0.25, -0.2) is 14.4 Å². The van der Waals surface area contributed by atoms with E-state index in [1.807, 2.05) is 31.6 Å². The number of aromatic nitrogens is 4. The van der Waals surface area contributed by atoms with E-state index in [-0.39, 0.29) is 5.82 Å². The highest BCUT2D eigenvalue weighted by molar-refractivity contribution is 5.89. The Morgan fingerprint density at radius 1 is 1.24 bits per heavy atom. The molecule has 0 spiro atoms. The number of fused-ring (bicyclic) bond motifs is 1. The highest BCUT2D eigenvalue weighted by atomic mass is 19.1. The summed E-state index contributed by atoms with van der Waals surface area (Å²) in [7, 11) is 1.92. The Morgan fingerprint density at radius 3 is 2.76 bits per heavy atom. The number of benzene rings is 1. The molecule has 21 heavy (non-hydrogen) atoms. The topological polar surface area (TPSA) is 55.6 Å². The van der Waals surface area contributed by atoms with E-state index in [4.69, 9.17) is 0 Å². The maximum absolute atomic E-state index is 13.7. The van der Waals surface area contributed by atoms with Crippen LogP contribution in [0.5, 0.6) is 0 Å². The van der Waals surface area contributed by atoms with Crippen LogP contribution in [0.15, 0.2) is 24.5 Å². The molecule has 3 aromatic rings. The van der Waals surface area contributed by atoms with Gasteiger partial charge in [0.15, 0.2) is 0 Å². The monoisotopic (exact) mass is 285 g/mol. The zero-order valence-electron chi connectivity index (χ0n) is 12.2. The Labute approximate surface area is 121 Å². The molecule has 0 saturated heterocycles. The zero-order chi connectivity index (χ0) is 15.0. The number of halogens is 1. The van der Waals surface area contributed by atoms with Crippen molar-refractivity contribution in [2.24, 2.45) is 7.05 Å². The highest BCUT2D eigenvalue weighted by Crippen LogP contribution is 2.22. The third-order valence-electron chi connectivity index (χ3n) is 3.71. The predicted octanol–water partition coefficient (Wildman–Crippen LogP) is 2.73. The van der Waals surface area contributed by atoms with E-state index in [2.05, 4.69) is 20.4 Å². The first-order valence-corrected chi connectivity index (χ1v) is 6.70. The molecule has 0 atom stereocenters. The second kappa shape index (κ2) is 5.12. The maximum Gasteiger partial charge on any atom is 0.149 e. The first-order chi connectivity index (χ1) is 10.1. The first-order valence-electron chi connectivity index (χ1n) is 6.70. The van der Waals surface area contributed by atoms with Gasteiger partial charge in [-0.2, -0.15) is 5.10 Å². The molecule has 1 N–H and O–H groups in total. The van der Waals surface area contributed by atoms with Gasteiger partial charge in [-0.1, -0.05) is 6.07 Å². The van der Waals surface area contributed by atoms with Crippen LogP contribution < -0.4 is 5.32 Å². The van der Waals surface area contributed by atoms with E-state index in [1.54, 1.807) is 6.07 Å². The van der Waals surface area contributed by atoms with Crippen LogP contribution in [0, 0.1) is 19.7 Å². The van der Waals surface area contributed by atoms with Gasteiger partial charge in [0.05, 0.1) is 5.69 Å². The Bertz CT molecular complexity index is 809. The number of nitrogens with one attached hydrogen (secondary N) is 1. The smallest absolute Gasteiger partial charge is 0.149 e. The van der Waals surface area contributed by atoms with Crippen LogP contribution in [0.4, 0.5) is 10.2 Å². The summed E-state index contributed by atoms with van der Waals surface area (Å²) in [5.74, 6) is 0.286. The zero-order valence-corrected chi connectivity index (χ0v) is 12.2. The molecule has 0 unspecified atom stereocenters. The summed E-state index contributed by atoms with van der Waals surface area (Å²) in [5, 5.41) is 8.32. The number of rotatable bonds is 3. The molecule has 0 amide bonds. The maximum atomic E-state index is 13.7. The third-order valence-corrected chi connectivity index (χ3v) is 3.71. The number of para-hydroxylation sites is 1. The van der Waals surface area contributed by atoms with E-state index in [9.17, 15) is 4.39 Å². The van der Waals surface area contributed by atoms with Crippen LogP contribution in [0.2, 0.25) is 0 Å². The van der Waals surface area contributed by atoms with Crippen molar-refractivity contribution in [1.82, 2.24) is 19.7 Å². The van der Waals surface area contributed by atoms with E-state index < -0.39 is 0 Å². The molecule has 0 aliphatic rings. The van der Waals surface area contributed by atoms with Crippen molar-refractivity contribution >= 4 is 16.7 Å². The van der Waals surface area contributed by atoms with Gasteiger partial charge in [0.1, 0.15) is 23.5 Å². The second-order valence-electron chi connectivity index (χ2n) is 4.98. The van der Waals surface area contributed by atoms with Crippen molar-refractivity contribution in [2.45, 2.75) is 20.4 Å². The average Bonchev–Trinajstić information content (AvgIpc) is 2.71. The number of nitrogens with zero attached hydrogens (tertiary/aromatic N) is 4. The normalized spacial score (nSPS) is 11.0. The lowest BCUT2D eigenvalue weighted by atomic mass is 10.2. The largest absolute Gasteiger partial charge is 0.365 e. The minimum Gasteiger partial charge on any atom is -0.365 e. The summed E-state index contributed by atoms with van der Waals surface area (Å²) >= 11 is 0. The molecular formula is C15H16FN5. The molecular weight excluding hydrogens is 269 g/mol. The summed E-state index contributed by atoms with van der Waals surface area (Å²) in [4.78, 5) is 8.21. The van der Waals surface area contributed by atoms with Gasteiger partial charge >= 0.3 is 0 Å². The van der Waals surface area contributed by atoms with Gasteiger partial charge in [0.25, 0.3) is 0 Å².